The molecule has 1 amide bonds. The number of aliphatic carboxylic acids is 1. The highest BCUT2D eigenvalue weighted by Crippen LogP contribution is 1.96. The summed E-state index contributed by atoms with van der Waals surface area (Å²) in [5, 5.41) is 22.6. The van der Waals surface area contributed by atoms with Gasteiger partial charge in [-0.25, -0.2) is 4.68 Å². The predicted molar refractivity (Wildman–Crippen MR) is 66.9 cm³/mol. The smallest absolute Gasteiger partial charge is 0.325 e. The molecule has 0 atom stereocenters. The first-order valence-electron chi connectivity index (χ1n) is 5.93. The molecule has 2 rings (SSSR count). The van der Waals surface area contributed by atoms with Crippen molar-refractivity contribution >= 4 is 11.9 Å². The van der Waals surface area contributed by atoms with Crippen LogP contribution in [0.5, 0.6) is 0 Å². The highest BCUT2D eigenvalue weighted by molar-refractivity contribution is 5.91. The Morgan fingerprint density at radius 3 is 2.90 bits per heavy atom. The van der Waals surface area contributed by atoms with Crippen LogP contribution < -0.4 is 5.32 Å². The van der Waals surface area contributed by atoms with Crippen LogP contribution >= 0.6 is 0 Å². The van der Waals surface area contributed by atoms with E-state index in [9.17, 15) is 9.59 Å². The maximum Gasteiger partial charge on any atom is 0.325 e. The van der Waals surface area contributed by atoms with Gasteiger partial charge in [-0.05, 0) is 6.07 Å². The lowest BCUT2D eigenvalue weighted by atomic mass is 10.3. The molecule has 0 aromatic carbocycles. The SMILES string of the molecule is Cn1ccc(CCNC(=O)c2cn(CC(=O)O)nn2)n1. The molecule has 2 heterocycles. The van der Waals surface area contributed by atoms with E-state index in [0.29, 0.717) is 13.0 Å². The van der Waals surface area contributed by atoms with Crippen molar-refractivity contribution in [1.82, 2.24) is 30.1 Å². The normalized spacial score (nSPS) is 10.4. The van der Waals surface area contributed by atoms with Crippen molar-refractivity contribution in [3.8, 4) is 0 Å². The molecule has 2 N–H and O–H groups in total. The molecule has 9 heteroatoms. The molecule has 0 saturated carbocycles. The van der Waals surface area contributed by atoms with Gasteiger partial charge in [0, 0.05) is 26.2 Å². The van der Waals surface area contributed by atoms with Gasteiger partial charge in [-0.3, -0.25) is 14.3 Å². The number of nitrogens with zero attached hydrogens (tertiary/aromatic N) is 5. The van der Waals surface area contributed by atoms with Crippen LogP contribution in [0.3, 0.4) is 0 Å². The monoisotopic (exact) mass is 278 g/mol. The largest absolute Gasteiger partial charge is 0.480 e. The first-order valence-corrected chi connectivity index (χ1v) is 5.93. The molecule has 2 aromatic rings. The Hall–Kier alpha value is -2.71. The summed E-state index contributed by atoms with van der Waals surface area (Å²) in [4.78, 5) is 22.2. The first kappa shape index (κ1) is 13.7. The van der Waals surface area contributed by atoms with Gasteiger partial charge in [0.25, 0.3) is 5.91 Å². The van der Waals surface area contributed by atoms with E-state index in [-0.39, 0.29) is 12.2 Å². The fraction of sp³-hybridized carbons (Fsp3) is 0.364. The van der Waals surface area contributed by atoms with Gasteiger partial charge in [0.15, 0.2) is 5.69 Å². The zero-order chi connectivity index (χ0) is 14.5. The van der Waals surface area contributed by atoms with Gasteiger partial charge in [0.1, 0.15) is 6.54 Å². The maximum absolute atomic E-state index is 11.7. The van der Waals surface area contributed by atoms with Crippen LogP contribution in [0.4, 0.5) is 0 Å². The minimum atomic E-state index is -1.04. The van der Waals surface area contributed by atoms with Crippen LogP contribution in [-0.2, 0) is 24.8 Å². The third-order valence-electron chi connectivity index (χ3n) is 2.50. The van der Waals surface area contributed by atoms with Crippen LogP contribution in [0, 0.1) is 0 Å². The predicted octanol–water partition coefficient (Wildman–Crippen LogP) is -0.931. The molecular formula is C11H14N6O3. The summed E-state index contributed by atoms with van der Waals surface area (Å²) in [7, 11) is 1.82. The van der Waals surface area contributed by atoms with Crippen molar-refractivity contribution in [2.75, 3.05) is 6.54 Å². The fourth-order valence-corrected chi connectivity index (χ4v) is 1.61. The third kappa shape index (κ3) is 3.64. The minimum Gasteiger partial charge on any atom is -0.480 e. The van der Waals surface area contributed by atoms with E-state index in [1.165, 1.54) is 6.20 Å². The van der Waals surface area contributed by atoms with Crippen molar-refractivity contribution in [3.05, 3.63) is 29.8 Å². The Kier molecular flexibility index (Phi) is 4.08. The number of carboxylic acid groups (broad SMARTS) is 1. The first-order chi connectivity index (χ1) is 9.54. The van der Waals surface area contributed by atoms with E-state index in [0.717, 1.165) is 10.4 Å². The van der Waals surface area contributed by atoms with E-state index < -0.39 is 11.9 Å². The molecule has 2 aromatic heterocycles. The van der Waals surface area contributed by atoms with Crippen molar-refractivity contribution in [2.24, 2.45) is 7.05 Å². The Balaban J connectivity index is 1.82. The molecular weight excluding hydrogens is 264 g/mol. The summed E-state index contributed by atoms with van der Waals surface area (Å²) in [6.07, 6.45) is 3.73. The number of carbonyl (C=O) groups is 2. The second kappa shape index (κ2) is 5.95. The van der Waals surface area contributed by atoms with Gasteiger partial charge in [0.2, 0.25) is 0 Å². The molecule has 0 saturated heterocycles. The summed E-state index contributed by atoms with van der Waals surface area (Å²) in [6, 6.07) is 1.87. The van der Waals surface area contributed by atoms with Gasteiger partial charge < -0.3 is 10.4 Å². The van der Waals surface area contributed by atoms with E-state index >= 15 is 0 Å². The van der Waals surface area contributed by atoms with Crippen LogP contribution in [0.1, 0.15) is 16.2 Å². The molecule has 0 aliphatic carbocycles. The number of rotatable bonds is 6. The molecule has 0 fully saturated rings. The highest BCUT2D eigenvalue weighted by atomic mass is 16.4. The van der Waals surface area contributed by atoms with Gasteiger partial charge in [-0.2, -0.15) is 5.10 Å². The van der Waals surface area contributed by atoms with Crippen LogP contribution in [0.25, 0.3) is 0 Å². The van der Waals surface area contributed by atoms with Gasteiger partial charge in [0.05, 0.1) is 11.9 Å². The standard InChI is InChI=1S/C11H14N6O3/c1-16-5-3-8(14-16)2-4-12-11(20)9-6-17(15-13-9)7-10(18)19/h3,5-6H,2,4,7H2,1H3,(H,12,20)(H,18,19). The van der Waals surface area contributed by atoms with Crippen LogP contribution in [0.15, 0.2) is 18.5 Å². The van der Waals surface area contributed by atoms with Crippen molar-refractivity contribution < 1.29 is 14.7 Å². The van der Waals surface area contributed by atoms with E-state index in [4.69, 9.17) is 5.11 Å². The molecule has 0 radical (unpaired) electrons. The van der Waals surface area contributed by atoms with Gasteiger partial charge >= 0.3 is 5.97 Å². The molecule has 0 unspecified atom stereocenters. The number of aromatic nitrogens is 5. The van der Waals surface area contributed by atoms with E-state index in [2.05, 4.69) is 20.7 Å². The Bertz CT molecular complexity index is 617. The zero-order valence-corrected chi connectivity index (χ0v) is 10.9. The number of hydrogen-bond donors (Lipinski definition) is 2. The van der Waals surface area contributed by atoms with Crippen LogP contribution in [0.2, 0.25) is 0 Å². The van der Waals surface area contributed by atoms with Crippen molar-refractivity contribution in [2.45, 2.75) is 13.0 Å². The Labute approximate surface area is 114 Å². The number of hydrogen-bond acceptors (Lipinski definition) is 5. The van der Waals surface area contributed by atoms with Gasteiger partial charge in [-0.1, -0.05) is 5.21 Å². The summed E-state index contributed by atoms with van der Waals surface area (Å²) in [6.45, 7) is 0.0931. The maximum atomic E-state index is 11.7. The average molecular weight is 278 g/mol. The lowest BCUT2D eigenvalue weighted by Crippen LogP contribution is -2.26. The van der Waals surface area contributed by atoms with Crippen LogP contribution in [-0.4, -0.2) is 48.3 Å². The number of aryl methyl sites for hydroxylation is 1. The molecule has 0 aliphatic heterocycles. The Morgan fingerprint density at radius 1 is 1.45 bits per heavy atom. The summed E-state index contributed by atoms with van der Waals surface area (Å²) >= 11 is 0. The Morgan fingerprint density at radius 2 is 2.25 bits per heavy atom. The third-order valence-corrected chi connectivity index (χ3v) is 2.50. The summed E-state index contributed by atoms with van der Waals surface area (Å²) in [5.41, 5.74) is 0.967. The molecule has 0 spiro atoms. The zero-order valence-electron chi connectivity index (χ0n) is 10.9. The van der Waals surface area contributed by atoms with E-state index in [1.54, 1.807) is 4.68 Å². The lowest BCUT2D eigenvalue weighted by Gasteiger charge is -2.00. The van der Waals surface area contributed by atoms with E-state index in [1.807, 2.05) is 19.3 Å². The average Bonchev–Trinajstić information content (AvgIpc) is 2.98. The number of nitrogens with one attached hydrogen (secondary N) is 1. The molecule has 20 heavy (non-hydrogen) atoms. The summed E-state index contributed by atoms with van der Waals surface area (Å²) in [5.74, 6) is -1.44. The van der Waals surface area contributed by atoms with Gasteiger partial charge in [-0.15, -0.1) is 5.10 Å². The summed E-state index contributed by atoms with van der Waals surface area (Å²) < 4.78 is 2.78. The second-order valence-electron chi connectivity index (χ2n) is 4.18. The highest BCUT2D eigenvalue weighted by Gasteiger charge is 2.11. The second-order valence-corrected chi connectivity index (χ2v) is 4.18. The molecule has 0 bridgehead atoms. The molecule has 106 valence electrons. The number of amides is 1. The number of carbonyl (C=O) groups excluding carboxylic acids is 1. The minimum absolute atomic E-state index is 0.0901. The fourth-order valence-electron chi connectivity index (χ4n) is 1.61. The van der Waals surface area contributed by atoms with Crippen molar-refractivity contribution in [1.29, 1.82) is 0 Å². The molecule has 9 nitrogen and oxygen atoms in total. The quantitative estimate of drug-likeness (QED) is 0.705. The number of carboxylic acids is 1. The molecule has 0 aliphatic rings. The lowest BCUT2D eigenvalue weighted by molar-refractivity contribution is -0.137. The topological polar surface area (TPSA) is 115 Å². The van der Waals surface area contributed by atoms with Crippen molar-refractivity contribution in [3.63, 3.8) is 0 Å².